The normalized spacial score (nSPS) is 21.2. The highest BCUT2D eigenvalue weighted by molar-refractivity contribution is 7.89. The number of nitrogens with two attached hydrogens (primary N) is 1. The molecule has 2 aromatic heterocycles. The number of primary sulfonamides is 1. The van der Waals surface area contributed by atoms with E-state index in [0.717, 1.165) is 11.1 Å². The molecule has 0 unspecified atom stereocenters. The first-order valence-corrected chi connectivity index (χ1v) is 19.3. The zero-order chi connectivity index (χ0) is 38.7. The zero-order valence-electron chi connectivity index (χ0n) is 29.6. The summed E-state index contributed by atoms with van der Waals surface area (Å²) in [4.78, 5) is 41.2. The van der Waals surface area contributed by atoms with Crippen LogP contribution >= 0.6 is 0 Å². The highest BCUT2D eigenvalue weighted by Gasteiger charge is 2.44. The molecule has 2 fully saturated rings. The summed E-state index contributed by atoms with van der Waals surface area (Å²) in [5, 5.41) is 48.1. The fourth-order valence-corrected chi connectivity index (χ4v) is 7.81. The molecule has 0 spiro atoms. The van der Waals surface area contributed by atoms with E-state index in [4.69, 9.17) is 15.1 Å². The van der Waals surface area contributed by atoms with E-state index in [0.29, 0.717) is 49.0 Å². The predicted molar refractivity (Wildman–Crippen MR) is 204 cm³/mol. The van der Waals surface area contributed by atoms with Crippen molar-refractivity contribution in [2.75, 3.05) is 41.8 Å². The number of anilines is 3. The summed E-state index contributed by atoms with van der Waals surface area (Å²) in [6.07, 6.45) is -0.343. The van der Waals surface area contributed by atoms with Crippen LogP contribution in [0.3, 0.4) is 0 Å². The number of sulfonamides is 1. The van der Waals surface area contributed by atoms with E-state index in [1.807, 2.05) is 41.3 Å². The summed E-state index contributed by atoms with van der Waals surface area (Å²) in [5.74, 6) is 0.0667. The molecule has 55 heavy (non-hydrogen) atoms. The Balaban J connectivity index is 1.16. The number of aliphatic hydroxyl groups is 3. The smallest absolute Gasteiger partial charge is 0.319 e. The number of imidazole rings is 1. The van der Waals surface area contributed by atoms with Crippen molar-refractivity contribution >= 4 is 50.6 Å². The molecule has 1 saturated carbocycles. The third-order valence-corrected chi connectivity index (χ3v) is 10.9. The molecule has 3 heterocycles. The molecule has 5 atom stereocenters. The Morgan fingerprint density at radius 1 is 0.927 bits per heavy atom. The molecule has 9 N–H and O–H groups in total. The molecule has 288 valence electrons. The number of hydrogen-bond acceptors (Lipinski definition) is 12. The van der Waals surface area contributed by atoms with E-state index in [2.05, 4.69) is 50.5 Å². The van der Waals surface area contributed by atoms with Gasteiger partial charge in [0.25, 0.3) is 0 Å². The summed E-state index contributed by atoms with van der Waals surface area (Å²) in [7, 11) is -3.95. The van der Waals surface area contributed by atoms with Gasteiger partial charge in [0.15, 0.2) is 17.0 Å². The molecular formula is C37H42N10O7S. The number of aliphatic hydroxyl groups excluding tert-OH is 3. The van der Waals surface area contributed by atoms with Gasteiger partial charge in [0.05, 0.1) is 23.3 Å². The van der Waals surface area contributed by atoms with Crippen LogP contribution in [-0.4, -0.2) is 106 Å². The maximum absolute atomic E-state index is 13.0. The van der Waals surface area contributed by atoms with Gasteiger partial charge in [-0.3, -0.25) is 4.79 Å². The maximum Gasteiger partial charge on any atom is 0.319 e. The number of nitrogens with one attached hydrogen (secondary N) is 4. The first kappa shape index (κ1) is 37.6. The maximum atomic E-state index is 13.0. The van der Waals surface area contributed by atoms with Gasteiger partial charge >= 0.3 is 6.03 Å². The predicted octanol–water partition coefficient (Wildman–Crippen LogP) is 1.26. The molecule has 1 aliphatic heterocycles. The number of benzene rings is 3. The minimum Gasteiger partial charge on any atom is -0.388 e. The topological polar surface area (TPSA) is 250 Å². The SMILES string of the molecule is NS(=O)(=O)c1cccc(NC(=O)N[C@@H]2CCN(c3nc(NCC(c4ccccc4)c4ccccc4)c4ncn([C@@H]5C[C@H](NC(=O)CO)[C@@H](O)[C@H]5O)c4n3)C2)c1. The van der Waals surface area contributed by atoms with Crippen LogP contribution in [0.25, 0.3) is 11.2 Å². The first-order valence-electron chi connectivity index (χ1n) is 17.8. The molecule has 0 radical (unpaired) electrons. The molecule has 5 aromatic rings. The lowest BCUT2D eigenvalue weighted by Gasteiger charge is -2.22. The second-order valence-corrected chi connectivity index (χ2v) is 15.2. The Kier molecular flexibility index (Phi) is 10.9. The van der Waals surface area contributed by atoms with Crippen LogP contribution in [0.2, 0.25) is 0 Å². The summed E-state index contributed by atoms with van der Waals surface area (Å²) in [6, 6.07) is 23.4. The van der Waals surface area contributed by atoms with Crippen LogP contribution in [0.4, 0.5) is 22.2 Å². The van der Waals surface area contributed by atoms with Gasteiger partial charge in [0.2, 0.25) is 21.9 Å². The molecule has 7 rings (SSSR count). The van der Waals surface area contributed by atoms with Gasteiger partial charge in [-0.15, -0.1) is 0 Å². The lowest BCUT2D eigenvalue weighted by Crippen LogP contribution is -2.44. The third-order valence-electron chi connectivity index (χ3n) is 10.0. The van der Waals surface area contributed by atoms with E-state index in [1.54, 1.807) is 10.6 Å². The van der Waals surface area contributed by atoms with E-state index in [9.17, 15) is 33.3 Å². The van der Waals surface area contributed by atoms with Gasteiger partial charge in [-0.1, -0.05) is 66.7 Å². The standard InChI is InChI=1S/C37H42N10O7S/c38-55(53,54)26-13-7-12-24(16-26)41-37(52)42-25-14-15-46(19-25)36-44-34(39-18-27(22-8-3-1-4-9-22)23-10-5-2-6-11-23)31-35(45-36)47(21-40-31)29-17-28(32(50)33(29)51)43-30(49)20-48/h1-13,16,21,25,27-29,32-33,48,50-51H,14-15,17-20H2,(H,43,49)(H2,38,53,54)(H,39,44,45)(H2,41,42,52)/t25-,28+,29-,32-,33+/m1/s1. The highest BCUT2D eigenvalue weighted by Crippen LogP contribution is 2.35. The van der Waals surface area contributed by atoms with E-state index < -0.39 is 52.9 Å². The van der Waals surface area contributed by atoms with Gasteiger partial charge < -0.3 is 46.1 Å². The number of hydrogen-bond donors (Lipinski definition) is 8. The molecule has 1 saturated heterocycles. The Bertz CT molecular complexity index is 2220. The highest BCUT2D eigenvalue weighted by atomic mass is 32.2. The van der Waals surface area contributed by atoms with Gasteiger partial charge in [0, 0.05) is 37.3 Å². The van der Waals surface area contributed by atoms with Crippen molar-refractivity contribution < 1.29 is 33.3 Å². The number of amides is 3. The molecular weight excluding hydrogens is 729 g/mol. The summed E-state index contributed by atoms with van der Waals surface area (Å²) in [5.41, 5.74) is 3.28. The average Bonchev–Trinajstić information content (AvgIpc) is 3.90. The molecule has 18 heteroatoms. The van der Waals surface area contributed by atoms with Crippen LogP contribution in [0.1, 0.15) is 35.9 Å². The Morgan fingerprint density at radius 3 is 2.31 bits per heavy atom. The number of nitrogens with zero attached hydrogens (tertiary/aromatic N) is 5. The van der Waals surface area contributed by atoms with Gasteiger partial charge in [0.1, 0.15) is 18.8 Å². The van der Waals surface area contributed by atoms with Crippen molar-refractivity contribution in [3.05, 3.63) is 102 Å². The van der Waals surface area contributed by atoms with Crippen LogP contribution in [-0.2, 0) is 14.8 Å². The zero-order valence-corrected chi connectivity index (χ0v) is 30.4. The number of aromatic nitrogens is 4. The Hall–Kier alpha value is -5.66. The lowest BCUT2D eigenvalue weighted by atomic mass is 9.91. The summed E-state index contributed by atoms with van der Waals surface area (Å²) in [6.45, 7) is 0.529. The van der Waals surface area contributed by atoms with E-state index >= 15 is 0 Å². The quantitative estimate of drug-likeness (QED) is 0.0894. The second kappa shape index (κ2) is 16.0. The second-order valence-electron chi connectivity index (χ2n) is 13.7. The number of rotatable bonds is 12. The van der Waals surface area contributed by atoms with Crippen molar-refractivity contribution in [3.8, 4) is 0 Å². The van der Waals surface area contributed by atoms with E-state index in [-0.39, 0.29) is 29.0 Å². The molecule has 0 bridgehead atoms. The molecule has 17 nitrogen and oxygen atoms in total. The van der Waals surface area contributed by atoms with Crippen molar-refractivity contribution in [2.45, 2.75) is 54.0 Å². The number of carbonyl (C=O) groups is 2. The number of carbonyl (C=O) groups excluding carboxylic acids is 2. The van der Waals surface area contributed by atoms with Crippen LogP contribution < -0.4 is 31.3 Å². The summed E-state index contributed by atoms with van der Waals surface area (Å²) >= 11 is 0. The third kappa shape index (κ3) is 8.37. The lowest BCUT2D eigenvalue weighted by molar-refractivity contribution is -0.125. The van der Waals surface area contributed by atoms with Crippen LogP contribution in [0.5, 0.6) is 0 Å². The van der Waals surface area contributed by atoms with Crippen molar-refractivity contribution in [3.63, 3.8) is 0 Å². The Labute approximate surface area is 316 Å². The van der Waals surface area contributed by atoms with Gasteiger partial charge in [-0.2, -0.15) is 9.97 Å². The van der Waals surface area contributed by atoms with Crippen LogP contribution in [0, 0.1) is 0 Å². The van der Waals surface area contributed by atoms with Crippen molar-refractivity contribution in [1.29, 1.82) is 0 Å². The molecule has 3 aromatic carbocycles. The van der Waals surface area contributed by atoms with Crippen molar-refractivity contribution in [1.82, 2.24) is 30.2 Å². The average molecular weight is 771 g/mol. The van der Waals surface area contributed by atoms with Crippen LogP contribution in [0.15, 0.2) is 96.2 Å². The minimum atomic E-state index is -3.95. The van der Waals surface area contributed by atoms with Crippen molar-refractivity contribution in [2.24, 2.45) is 5.14 Å². The molecule has 2 aliphatic rings. The van der Waals surface area contributed by atoms with Gasteiger partial charge in [-0.05, 0) is 42.2 Å². The fraction of sp³-hybridized carbons (Fsp3) is 0.324. The van der Waals surface area contributed by atoms with Gasteiger partial charge in [-0.25, -0.2) is 23.3 Å². The largest absolute Gasteiger partial charge is 0.388 e. The number of fused-ring (bicyclic) bond motifs is 1. The monoisotopic (exact) mass is 770 g/mol. The molecule has 3 amide bonds. The van der Waals surface area contributed by atoms with E-state index in [1.165, 1.54) is 24.5 Å². The summed E-state index contributed by atoms with van der Waals surface area (Å²) < 4.78 is 25.2. The first-order chi connectivity index (χ1) is 26.5. The molecule has 1 aliphatic carbocycles. The number of urea groups is 1. The minimum absolute atomic E-state index is 0.0508. The fourth-order valence-electron chi connectivity index (χ4n) is 7.25. The Morgan fingerprint density at radius 2 is 1.64 bits per heavy atom.